The highest BCUT2D eigenvalue weighted by Crippen LogP contribution is 2.22. The van der Waals surface area contributed by atoms with Gasteiger partial charge in [0.05, 0.1) is 5.69 Å². The normalized spacial score (nSPS) is 9.89. The summed E-state index contributed by atoms with van der Waals surface area (Å²) >= 11 is 3.37. The number of nitriles is 1. The maximum Gasteiger partial charge on any atom is 0.171 e. The van der Waals surface area contributed by atoms with Gasteiger partial charge in [0.1, 0.15) is 11.6 Å². The SMILES string of the molecule is Cc1nnc(Nc2ccc(Br)cc2)c(C#N)c1C. The summed E-state index contributed by atoms with van der Waals surface area (Å²) in [5, 5.41) is 20.3. The van der Waals surface area contributed by atoms with Gasteiger partial charge in [0.2, 0.25) is 0 Å². The second-order valence-corrected chi connectivity index (χ2v) is 4.79. The summed E-state index contributed by atoms with van der Waals surface area (Å²) in [5.74, 6) is 0.489. The summed E-state index contributed by atoms with van der Waals surface area (Å²) in [5.41, 5.74) is 3.03. The van der Waals surface area contributed by atoms with E-state index in [4.69, 9.17) is 0 Å². The molecule has 2 rings (SSSR count). The van der Waals surface area contributed by atoms with Crippen LogP contribution in [0.1, 0.15) is 16.8 Å². The molecule has 0 bridgehead atoms. The molecule has 1 aromatic heterocycles. The predicted molar refractivity (Wildman–Crippen MR) is 73.6 cm³/mol. The molecule has 2 aromatic rings. The monoisotopic (exact) mass is 302 g/mol. The summed E-state index contributed by atoms with van der Waals surface area (Å²) in [6, 6.07) is 9.81. The average Bonchev–Trinajstić information content (AvgIpc) is 2.37. The Hall–Kier alpha value is -1.93. The quantitative estimate of drug-likeness (QED) is 0.922. The smallest absolute Gasteiger partial charge is 0.171 e. The first-order chi connectivity index (χ1) is 8.61. The fraction of sp³-hybridized carbons (Fsp3) is 0.154. The fourth-order valence-corrected chi connectivity index (χ4v) is 1.77. The van der Waals surface area contributed by atoms with E-state index < -0.39 is 0 Å². The molecule has 0 atom stereocenters. The van der Waals surface area contributed by atoms with Gasteiger partial charge in [0, 0.05) is 10.2 Å². The molecule has 0 aliphatic heterocycles. The van der Waals surface area contributed by atoms with E-state index in [1.54, 1.807) is 0 Å². The van der Waals surface area contributed by atoms with Crippen molar-refractivity contribution < 1.29 is 0 Å². The van der Waals surface area contributed by atoms with Crippen LogP contribution in [0, 0.1) is 25.2 Å². The van der Waals surface area contributed by atoms with E-state index in [1.807, 2.05) is 38.1 Å². The van der Waals surface area contributed by atoms with E-state index in [2.05, 4.69) is 37.5 Å². The second-order valence-electron chi connectivity index (χ2n) is 3.88. The van der Waals surface area contributed by atoms with Gasteiger partial charge in [0.15, 0.2) is 5.82 Å². The zero-order valence-corrected chi connectivity index (χ0v) is 11.6. The molecule has 0 saturated heterocycles. The van der Waals surface area contributed by atoms with Gasteiger partial charge in [-0.05, 0) is 43.7 Å². The number of anilines is 2. The first-order valence-electron chi connectivity index (χ1n) is 5.38. The number of benzene rings is 1. The number of aromatic nitrogens is 2. The van der Waals surface area contributed by atoms with Gasteiger partial charge in [-0.3, -0.25) is 0 Å². The number of nitrogens with one attached hydrogen (secondary N) is 1. The average molecular weight is 303 g/mol. The van der Waals surface area contributed by atoms with Crippen LogP contribution in [0.3, 0.4) is 0 Å². The number of aryl methyl sites for hydroxylation is 1. The Morgan fingerprint density at radius 1 is 1.17 bits per heavy atom. The van der Waals surface area contributed by atoms with E-state index in [1.165, 1.54) is 0 Å². The Balaban J connectivity index is 2.38. The maximum atomic E-state index is 9.18. The van der Waals surface area contributed by atoms with Crippen molar-refractivity contribution in [1.29, 1.82) is 5.26 Å². The molecule has 90 valence electrons. The molecule has 18 heavy (non-hydrogen) atoms. The van der Waals surface area contributed by atoms with Crippen LogP contribution in [0.5, 0.6) is 0 Å². The van der Waals surface area contributed by atoms with Crippen LogP contribution in [0.15, 0.2) is 28.7 Å². The molecule has 0 amide bonds. The molecule has 5 heteroatoms. The molecule has 0 unspecified atom stereocenters. The molecular weight excluding hydrogens is 292 g/mol. The highest BCUT2D eigenvalue weighted by molar-refractivity contribution is 9.10. The van der Waals surface area contributed by atoms with Crippen molar-refractivity contribution in [3.05, 3.63) is 45.6 Å². The minimum Gasteiger partial charge on any atom is -0.338 e. The summed E-state index contributed by atoms with van der Waals surface area (Å²) in [6.45, 7) is 3.71. The Morgan fingerprint density at radius 2 is 1.83 bits per heavy atom. The van der Waals surface area contributed by atoms with Crippen LogP contribution < -0.4 is 5.32 Å². The molecular formula is C13H11BrN4. The predicted octanol–water partition coefficient (Wildman–Crippen LogP) is 3.47. The van der Waals surface area contributed by atoms with Gasteiger partial charge in [-0.25, -0.2) is 0 Å². The Labute approximate surface area is 114 Å². The lowest BCUT2D eigenvalue weighted by Crippen LogP contribution is -2.03. The molecule has 0 aliphatic carbocycles. The Kier molecular flexibility index (Phi) is 3.58. The van der Waals surface area contributed by atoms with Gasteiger partial charge >= 0.3 is 0 Å². The Bertz CT molecular complexity index is 614. The fourth-order valence-electron chi connectivity index (χ4n) is 1.50. The molecule has 4 nitrogen and oxygen atoms in total. The van der Waals surface area contributed by atoms with E-state index >= 15 is 0 Å². The van der Waals surface area contributed by atoms with Crippen LogP contribution >= 0.6 is 15.9 Å². The number of hydrogen-bond donors (Lipinski definition) is 1. The first-order valence-corrected chi connectivity index (χ1v) is 6.17. The molecule has 1 heterocycles. The van der Waals surface area contributed by atoms with Crippen LogP contribution in [-0.2, 0) is 0 Å². The molecule has 0 fully saturated rings. The topological polar surface area (TPSA) is 61.6 Å². The Morgan fingerprint density at radius 3 is 2.44 bits per heavy atom. The second kappa shape index (κ2) is 5.15. The zero-order valence-electron chi connectivity index (χ0n) is 10.0. The van der Waals surface area contributed by atoms with Crippen molar-refractivity contribution in [3.63, 3.8) is 0 Å². The van der Waals surface area contributed by atoms with Crippen LogP contribution in [-0.4, -0.2) is 10.2 Å². The third-order valence-corrected chi connectivity index (χ3v) is 3.20. The van der Waals surface area contributed by atoms with Crippen molar-refractivity contribution in [2.75, 3.05) is 5.32 Å². The van der Waals surface area contributed by atoms with Gasteiger partial charge in [-0.1, -0.05) is 15.9 Å². The first kappa shape index (κ1) is 12.5. The summed E-state index contributed by atoms with van der Waals surface area (Å²) in [7, 11) is 0. The highest BCUT2D eigenvalue weighted by Gasteiger charge is 2.10. The van der Waals surface area contributed by atoms with Crippen molar-refractivity contribution in [2.45, 2.75) is 13.8 Å². The van der Waals surface area contributed by atoms with Gasteiger partial charge in [-0.2, -0.15) is 10.4 Å². The van der Waals surface area contributed by atoms with E-state index in [0.717, 1.165) is 21.4 Å². The number of rotatable bonds is 2. The number of nitrogens with zero attached hydrogens (tertiary/aromatic N) is 3. The third kappa shape index (κ3) is 2.49. The minimum absolute atomic E-state index is 0.489. The zero-order chi connectivity index (χ0) is 13.1. The standard InChI is InChI=1S/C13H11BrN4/c1-8-9(2)17-18-13(12(8)7-15)16-11-5-3-10(14)4-6-11/h3-6H,1-2H3,(H,16,18). The van der Waals surface area contributed by atoms with Crippen LogP contribution in [0.25, 0.3) is 0 Å². The van der Waals surface area contributed by atoms with Gasteiger partial charge < -0.3 is 5.32 Å². The summed E-state index contributed by atoms with van der Waals surface area (Å²) in [6.07, 6.45) is 0. The van der Waals surface area contributed by atoms with Crippen molar-refractivity contribution in [3.8, 4) is 6.07 Å². The summed E-state index contributed by atoms with van der Waals surface area (Å²) in [4.78, 5) is 0. The maximum absolute atomic E-state index is 9.18. The van der Waals surface area contributed by atoms with Crippen molar-refractivity contribution in [1.82, 2.24) is 10.2 Å². The molecule has 0 aliphatic rings. The molecule has 0 spiro atoms. The van der Waals surface area contributed by atoms with Crippen LogP contribution in [0.2, 0.25) is 0 Å². The minimum atomic E-state index is 0.489. The lowest BCUT2D eigenvalue weighted by Gasteiger charge is -2.09. The van der Waals surface area contributed by atoms with Crippen LogP contribution in [0.4, 0.5) is 11.5 Å². The van der Waals surface area contributed by atoms with Gasteiger partial charge in [0.25, 0.3) is 0 Å². The lowest BCUT2D eigenvalue weighted by atomic mass is 10.1. The highest BCUT2D eigenvalue weighted by atomic mass is 79.9. The molecule has 0 radical (unpaired) electrons. The van der Waals surface area contributed by atoms with E-state index in [-0.39, 0.29) is 0 Å². The van der Waals surface area contributed by atoms with E-state index in [9.17, 15) is 5.26 Å². The van der Waals surface area contributed by atoms with E-state index in [0.29, 0.717) is 11.4 Å². The van der Waals surface area contributed by atoms with Crippen molar-refractivity contribution >= 4 is 27.4 Å². The molecule has 0 saturated carbocycles. The summed E-state index contributed by atoms with van der Waals surface area (Å²) < 4.78 is 1.000. The third-order valence-electron chi connectivity index (χ3n) is 2.67. The lowest BCUT2D eigenvalue weighted by molar-refractivity contribution is 0.960. The molecule has 1 aromatic carbocycles. The van der Waals surface area contributed by atoms with Gasteiger partial charge in [-0.15, -0.1) is 5.10 Å². The number of halogens is 1. The molecule has 1 N–H and O–H groups in total. The number of hydrogen-bond acceptors (Lipinski definition) is 4. The largest absolute Gasteiger partial charge is 0.338 e. The van der Waals surface area contributed by atoms with Crippen molar-refractivity contribution in [2.24, 2.45) is 0 Å².